The molecule has 0 unspecified atom stereocenters. The summed E-state index contributed by atoms with van der Waals surface area (Å²) in [6.45, 7) is 4.06. The molecule has 0 bridgehead atoms. The minimum absolute atomic E-state index is 0.158. The maximum absolute atomic E-state index is 11.0. The third kappa shape index (κ3) is 5.81. The Labute approximate surface area is 208 Å². The van der Waals surface area contributed by atoms with Crippen LogP contribution in [0.5, 0.6) is 0 Å². The molecule has 3 heterocycles. The molecule has 33 heavy (non-hydrogen) atoms. The number of aromatic nitrogens is 6. The summed E-state index contributed by atoms with van der Waals surface area (Å²) in [5, 5.41) is 11.0. The van der Waals surface area contributed by atoms with Crippen LogP contribution >= 0.6 is 46.3 Å². The van der Waals surface area contributed by atoms with Crippen molar-refractivity contribution in [3.8, 4) is 10.6 Å². The number of thiazole rings is 1. The minimum atomic E-state index is -4.01. The normalized spacial score (nSPS) is 12.2. The van der Waals surface area contributed by atoms with Gasteiger partial charge in [0.15, 0.2) is 5.16 Å². The van der Waals surface area contributed by atoms with Crippen molar-refractivity contribution in [3.05, 3.63) is 39.7 Å². The lowest BCUT2D eigenvalue weighted by Gasteiger charge is -2.11. The second-order valence-corrected chi connectivity index (χ2v) is 11.8. The van der Waals surface area contributed by atoms with E-state index in [2.05, 4.69) is 15.2 Å². The summed E-state index contributed by atoms with van der Waals surface area (Å²) in [5.41, 5.74) is 1.77. The van der Waals surface area contributed by atoms with E-state index in [0.717, 1.165) is 9.88 Å². The van der Waals surface area contributed by atoms with Crippen molar-refractivity contribution in [1.29, 1.82) is 0 Å². The quantitative estimate of drug-likeness (QED) is 0.297. The highest BCUT2D eigenvalue weighted by molar-refractivity contribution is 7.99. The number of rotatable bonds is 8. The summed E-state index contributed by atoms with van der Waals surface area (Å²) >= 11 is 15.1. The van der Waals surface area contributed by atoms with Crippen molar-refractivity contribution in [2.75, 3.05) is 5.75 Å². The van der Waals surface area contributed by atoms with Gasteiger partial charge in [-0.05, 0) is 44.2 Å². The van der Waals surface area contributed by atoms with E-state index in [1.807, 2.05) is 18.4 Å². The van der Waals surface area contributed by atoms with Crippen molar-refractivity contribution in [3.63, 3.8) is 0 Å². The van der Waals surface area contributed by atoms with Crippen LogP contribution in [0.15, 0.2) is 34.8 Å². The van der Waals surface area contributed by atoms with Gasteiger partial charge in [0.1, 0.15) is 17.0 Å². The van der Waals surface area contributed by atoms with Gasteiger partial charge in [-0.15, -0.1) is 21.5 Å². The van der Waals surface area contributed by atoms with Crippen LogP contribution in [-0.4, -0.2) is 48.4 Å². The molecule has 0 saturated heterocycles. The lowest BCUT2D eigenvalue weighted by atomic mass is 10.3. The fourth-order valence-electron chi connectivity index (χ4n) is 2.95. The third-order valence-corrected chi connectivity index (χ3v) is 8.08. The van der Waals surface area contributed by atoms with Gasteiger partial charge in [-0.2, -0.15) is 8.42 Å². The summed E-state index contributed by atoms with van der Waals surface area (Å²) in [4.78, 5) is 14.7. The van der Waals surface area contributed by atoms with Crippen LogP contribution < -0.4 is 0 Å². The van der Waals surface area contributed by atoms with E-state index in [4.69, 9.17) is 37.7 Å². The predicted molar refractivity (Wildman–Crippen MR) is 130 cm³/mol. The standard InChI is InChI=1S/C19H18Cl2N6O3S3/c1-10(2)27-9-23-26-19(27)32-18-17(24-13-6-11(20)12(21)7-14(13)25-18)15-8-22-16(31-15)4-3-5-33(28,29)30/h6-10H,3-5H2,1-2H3,(H,28,29,30). The second-order valence-electron chi connectivity index (χ2n) is 7.36. The van der Waals surface area contributed by atoms with Crippen molar-refractivity contribution in [2.45, 2.75) is 42.9 Å². The van der Waals surface area contributed by atoms with Gasteiger partial charge >= 0.3 is 0 Å². The van der Waals surface area contributed by atoms with E-state index in [-0.39, 0.29) is 18.2 Å². The van der Waals surface area contributed by atoms with E-state index in [1.165, 1.54) is 23.1 Å². The summed E-state index contributed by atoms with van der Waals surface area (Å²) < 4.78 is 32.8. The van der Waals surface area contributed by atoms with Crippen LogP contribution in [0.25, 0.3) is 21.6 Å². The van der Waals surface area contributed by atoms with Gasteiger partial charge in [0.2, 0.25) is 0 Å². The fraction of sp³-hybridized carbons (Fsp3) is 0.316. The maximum atomic E-state index is 11.0. The van der Waals surface area contributed by atoms with E-state index in [1.54, 1.807) is 24.7 Å². The smallest absolute Gasteiger partial charge is 0.264 e. The van der Waals surface area contributed by atoms with Gasteiger partial charge in [0, 0.05) is 18.7 Å². The van der Waals surface area contributed by atoms with Crippen molar-refractivity contribution >= 4 is 67.5 Å². The van der Waals surface area contributed by atoms with Crippen LogP contribution in [0.3, 0.4) is 0 Å². The van der Waals surface area contributed by atoms with Gasteiger partial charge in [-0.25, -0.2) is 15.0 Å². The van der Waals surface area contributed by atoms with Gasteiger partial charge in [-0.3, -0.25) is 4.55 Å². The zero-order valence-corrected chi connectivity index (χ0v) is 21.4. The van der Waals surface area contributed by atoms with Crippen LogP contribution in [0, 0.1) is 0 Å². The van der Waals surface area contributed by atoms with Gasteiger partial charge in [0.05, 0.1) is 36.7 Å². The Balaban J connectivity index is 1.75. The average Bonchev–Trinajstić information content (AvgIpc) is 3.37. The van der Waals surface area contributed by atoms with Gasteiger partial charge in [0.25, 0.3) is 10.1 Å². The summed E-state index contributed by atoms with van der Waals surface area (Å²) in [6.07, 6.45) is 4.02. The molecular weight excluding hydrogens is 527 g/mol. The maximum Gasteiger partial charge on any atom is 0.264 e. The first-order chi connectivity index (χ1) is 15.6. The Kier molecular flexibility index (Phi) is 7.22. The first-order valence-corrected chi connectivity index (χ1v) is 13.7. The SMILES string of the molecule is CC(C)n1cnnc1Sc1nc2cc(Cl)c(Cl)cc2nc1-c1cnc(CCCS(=O)(=O)O)s1. The third-order valence-electron chi connectivity index (χ3n) is 4.54. The molecule has 0 aliphatic heterocycles. The van der Waals surface area contributed by atoms with Crippen LogP contribution in [0.4, 0.5) is 0 Å². The number of aryl methyl sites for hydroxylation is 1. The Bertz CT molecular complexity index is 1420. The highest BCUT2D eigenvalue weighted by Gasteiger charge is 2.19. The number of halogens is 2. The van der Waals surface area contributed by atoms with Gasteiger partial charge < -0.3 is 4.57 Å². The second kappa shape index (κ2) is 9.80. The molecule has 0 spiro atoms. The highest BCUT2D eigenvalue weighted by Crippen LogP contribution is 2.38. The highest BCUT2D eigenvalue weighted by atomic mass is 35.5. The molecule has 4 aromatic rings. The molecule has 3 aromatic heterocycles. The summed E-state index contributed by atoms with van der Waals surface area (Å²) in [5.74, 6) is -0.317. The Morgan fingerprint density at radius 3 is 2.55 bits per heavy atom. The first-order valence-electron chi connectivity index (χ1n) is 9.75. The van der Waals surface area contributed by atoms with E-state index >= 15 is 0 Å². The predicted octanol–water partition coefficient (Wildman–Crippen LogP) is 5.20. The number of fused-ring (bicyclic) bond motifs is 1. The van der Waals surface area contributed by atoms with Crippen molar-refractivity contribution < 1.29 is 13.0 Å². The number of nitrogens with zero attached hydrogens (tertiary/aromatic N) is 6. The Hall–Kier alpha value is -1.83. The molecule has 174 valence electrons. The monoisotopic (exact) mass is 544 g/mol. The zero-order chi connectivity index (χ0) is 23.8. The fourth-order valence-corrected chi connectivity index (χ4v) is 5.81. The molecule has 1 aromatic carbocycles. The average molecular weight is 545 g/mol. The number of benzene rings is 1. The number of hydrogen-bond acceptors (Lipinski definition) is 9. The molecule has 0 aliphatic carbocycles. The van der Waals surface area contributed by atoms with E-state index < -0.39 is 10.1 Å². The lowest BCUT2D eigenvalue weighted by molar-refractivity contribution is 0.481. The van der Waals surface area contributed by atoms with Crippen molar-refractivity contribution in [1.82, 2.24) is 29.7 Å². The Morgan fingerprint density at radius 2 is 1.88 bits per heavy atom. The zero-order valence-electron chi connectivity index (χ0n) is 17.4. The van der Waals surface area contributed by atoms with E-state index in [0.29, 0.717) is 43.4 Å². The summed E-state index contributed by atoms with van der Waals surface area (Å²) in [7, 11) is -4.01. The molecule has 0 amide bonds. The largest absolute Gasteiger partial charge is 0.306 e. The van der Waals surface area contributed by atoms with Crippen molar-refractivity contribution in [2.24, 2.45) is 0 Å². The molecule has 0 radical (unpaired) electrons. The topological polar surface area (TPSA) is 124 Å². The molecular formula is C19H18Cl2N6O3S3. The molecule has 0 aliphatic rings. The molecule has 9 nitrogen and oxygen atoms in total. The van der Waals surface area contributed by atoms with E-state index in [9.17, 15) is 8.42 Å². The minimum Gasteiger partial charge on any atom is -0.306 e. The van der Waals surface area contributed by atoms with Crippen LogP contribution in [0.2, 0.25) is 10.0 Å². The Morgan fingerprint density at radius 1 is 1.18 bits per heavy atom. The molecule has 4 rings (SSSR count). The van der Waals surface area contributed by atoms with Gasteiger partial charge in [-0.1, -0.05) is 23.2 Å². The molecule has 0 fully saturated rings. The molecule has 0 saturated carbocycles. The first kappa shape index (κ1) is 24.3. The van der Waals surface area contributed by atoms with Crippen LogP contribution in [-0.2, 0) is 16.5 Å². The lowest BCUT2D eigenvalue weighted by Crippen LogP contribution is -2.04. The molecule has 14 heteroatoms. The number of hydrogen-bond donors (Lipinski definition) is 1. The summed E-state index contributed by atoms with van der Waals surface area (Å²) in [6, 6.07) is 3.49. The van der Waals surface area contributed by atoms with Crippen LogP contribution in [0.1, 0.15) is 31.3 Å². The molecule has 1 N–H and O–H groups in total. The molecule has 0 atom stereocenters.